The summed E-state index contributed by atoms with van der Waals surface area (Å²) in [5, 5.41) is 0.416. The number of allylic oxidation sites excluding steroid dienone is 4. The van der Waals surface area contributed by atoms with Crippen LogP contribution in [0.5, 0.6) is 0 Å². The Kier molecular flexibility index (Phi) is 6.44. The van der Waals surface area contributed by atoms with E-state index in [9.17, 15) is 8.42 Å². The van der Waals surface area contributed by atoms with Crippen LogP contribution in [0.25, 0.3) is 0 Å². The minimum Gasteiger partial charge on any atom is -0.375 e. The Hall–Kier alpha value is -1.92. The van der Waals surface area contributed by atoms with Crippen molar-refractivity contribution in [3.05, 3.63) is 88.5 Å². The van der Waals surface area contributed by atoms with E-state index in [1.165, 1.54) is 0 Å². The molecule has 0 N–H and O–H groups in total. The molecular formula is C24H26ClNO3S. The fraction of sp³-hybridized carbons (Fsp3) is 0.333. The topological polar surface area (TPSA) is 46.6 Å². The highest BCUT2D eigenvalue weighted by Gasteiger charge is 2.35. The quantitative estimate of drug-likeness (QED) is 0.647. The number of sulfonamides is 1. The first-order chi connectivity index (χ1) is 14.4. The van der Waals surface area contributed by atoms with Crippen molar-refractivity contribution in [2.45, 2.75) is 43.9 Å². The second kappa shape index (κ2) is 9.06. The molecule has 30 heavy (non-hydrogen) atoms. The van der Waals surface area contributed by atoms with Crippen molar-refractivity contribution >= 4 is 21.6 Å². The predicted octanol–water partition coefficient (Wildman–Crippen LogP) is 5.26. The maximum atomic E-state index is 13.9. The zero-order valence-electron chi connectivity index (χ0n) is 17.0. The molecule has 2 aliphatic rings. The molecule has 1 heterocycles. The lowest BCUT2D eigenvalue weighted by atomic mass is 9.93. The van der Waals surface area contributed by atoms with E-state index in [0.717, 1.165) is 17.5 Å². The van der Waals surface area contributed by atoms with Crippen LogP contribution < -0.4 is 0 Å². The highest BCUT2D eigenvalue weighted by molar-refractivity contribution is 7.89. The molecule has 2 unspecified atom stereocenters. The standard InChI is InChI=1S/C24H26ClNO3S/c1-18-11-12-22(25)14-24(18)30(27,28)26-15-20-9-5-6-10-21(20)16-29-17-23(26)13-19-7-3-2-4-8-19/h2-7,9-12,14,19,23H,8,13,15-17H2,1H3. The minimum absolute atomic E-state index is 0.261. The molecule has 0 spiro atoms. The molecule has 4 rings (SSSR count). The summed E-state index contributed by atoms with van der Waals surface area (Å²) < 4.78 is 35.4. The summed E-state index contributed by atoms with van der Waals surface area (Å²) in [4.78, 5) is 0.261. The van der Waals surface area contributed by atoms with Gasteiger partial charge < -0.3 is 4.74 Å². The van der Waals surface area contributed by atoms with Crippen molar-refractivity contribution in [3.63, 3.8) is 0 Å². The fourth-order valence-corrected chi connectivity index (χ4v) is 6.23. The van der Waals surface area contributed by atoms with Gasteiger partial charge >= 0.3 is 0 Å². The fourth-order valence-electron chi connectivity index (χ4n) is 4.14. The summed E-state index contributed by atoms with van der Waals surface area (Å²) in [6, 6.07) is 12.7. The molecule has 0 bridgehead atoms. The van der Waals surface area contributed by atoms with Gasteiger partial charge in [0.1, 0.15) is 0 Å². The van der Waals surface area contributed by atoms with Crippen molar-refractivity contribution in [1.29, 1.82) is 0 Å². The van der Waals surface area contributed by atoms with Gasteiger partial charge in [-0.05, 0) is 54.5 Å². The van der Waals surface area contributed by atoms with Crippen LogP contribution in [0.2, 0.25) is 5.02 Å². The van der Waals surface area contributed by atoms with Gasteiger partial charge in [-0.2, -0.15) is 4.31 Å². The molecule has 0 saturated carbocycles. The molecule has 1 aliphatic carbocycles. The van der Waals surface area contributed by atoms with E-state index in [1.807, 2.05) is 36.4 Å². The molecule has 0 saturated heterocycles. The predicted molar refractivity (Wildman–Crippen MR) is 120 cm³/mol. The van der Waals surface area contributed by atoms with Crippen molar-refractivity contribution < 1.29 is 13.2 Å². The Bertz CT molecular complexity index is 1080. The Morgan fingerprint density at radius 1 is 1.13 bits per heavy atom. The van der Waals surface area contributed by atoms with Crippen molar-refractivity contribution in [1.82, 2.24) is 4.31 Å². The number of ether oxygens (including phenoxy) is 1. The highest BCUT2D eigenvalue weighted by atomic mass is 35.5. The molecule has 4 nitrogen and oxygen atoms in total. The minimum atomic E-state index is -3.77. The summed E-state index contributed by atoms with van der Waals surface area (Å²) in [5.74, 6) is 0.288. The van der Waals surface area contributed by atoms with E-state index in [2.05, 4.69) is 12.2 Å². The molecule has 2 atom stereocenters. The van der Waals surface area contributed by atoms with Gasteiger partial charge in [0.05, 0.1) is 18.1 Å². The zero-order valence-corrected chi connectivity index (χ0v) is 18.6. The van der Waals surface area contributed by atoms with Crippen molar-refractivity contribution in [2.24, 2.45) is 5.92 Å². The van der Waals surface area contributed by atoms with E-state index in [1.54, 1.807) is 29.4 Å². The number of hydrogen-bond acceptors (Lipinski definition) is 3. The number of hydrogen-bond donors (Lipinski definition) is 0. The van der Waals surface area contributed by atoms with Gasteiger partial charge in [-0.1, -0.05) is 66.2 Å². The van der Waals surface area contributed by atoms with Gasteiger partial charge in [0.15, 0.2) is 0 Å². The molecule has 2 aromatic rings. The summed E-state index contributed by atoms with van der Waals surface area (Å²) in [6.07, 6.45) is 9.97. The smallest absolute Gasteiger partial charge is 0.244 e. The average molecular weight is 444 g/mol. The third kappa shape index (κ3) is 4.54. The lowest BCUT2D eigenvalue weighted by molar-refractivity contribution is 0.0605. The number of rotatable bonds is 4. The number of fused-ring (bicyclic) bond motifs is 1. The van der Waals surface area contributed by atoms with Crippen LogP contribution in [0.1, 0.15) is 29.5 Å². The SMILES string of the molecule is Cc1ccc(Cl)cc1S(=O)(=O)N1Cc2ccccc2COCC1CC1C=CC=CC1. The summed E-state index contributed by atoms with van der Waals surface area (Å²) in [6.45, 7) is 2.99. The third-order valence-electron chi connectivity index (χ3n) is 5.80. The summed E-state index contributed by atoms with van der Waals surface area (Å²) in [7, 11) is -3.77. The average Bonchev–Trinajstić information content (AvgIpc) is 2.73. The van der Waals surface area contributed by atoms with Crippen LogP contribution in [0.3, 0.4) is 0 Å². The maximum absolute atomic E-state index is 13.9. The molecule has 1 aliphatic heterocycles. The van der Waals surface area contributed by atoms with E-state index in [4.69, 9.17) is 16.3 Å². The highest BCUT2D eigenvalue weighted by Crippen LogP contribution is 2.31. The molecule has 0 amide bonds. The van der Waals surface area contributed by atoms with Crippen LogP contribution in [-0.4, -0.2) is 25.4 Å². The number of nitrogens with zero attached hydrogens (tertiary/aromatic N) is 1. The maximum Gasteiger partial charge on any atom is 0.244 e. The first kappa shape index (κ1) is 21.3. The Morgan fingerprint density at radius 3 is 2.70 bits per heavy atom. The number of halogens is 1. The van der Waals surface area contributed by atoms with E-state index in [-0.39, 0.29) is 16.9 Å². The second-order valence-corrected chi connectivity index (χ2v) is 10.2. The van der Waals surface area contributed by atoms with Crippen LogP contribution in [0.15, 0.2) is 71.7 Å². The zero-order chi connectivity index (χ0) is 21.1. The molecule has 6 heteroatoms. The van der Waals surface area contributed by atoms with Gasteiger partial charge in [0.2, 0.25) is 10.0 Å². The van der Waals surface area contributed by atoms with Gasteiger partial charge in [-0.25, -0.2) is 8.42 Å². The number of benzene rings is 2. The van der Waals surface area contributed by atoms with E-state index < -0.39 is 10.0 Å². The largest absolute Gasteiger partial charge is 0.375 e. The van der Waals surface area contributed by atoms with Gasteiger partial charge in [-0.15, -0.1) is 0 Å². The lowest BCUT2D eigenvalue weighted by Crippen LogP contribution is -2.44. The number of aryl methyl sites for hydroxylation is 1. The Balaban J connectivity index is 1.75. The molecule has 158 valence electrons. The lowest BCUT2D eigenvalue weighted by Gasteiger charge is -2.35. The Morgan fingerprint density at radius 2 is 1.93 bits per heavy atom. The van der Waals surface area contributed by atoms with E-state index in [0.29, 0.717) is 36.8 Å². The molecule has 0 radical (unpaired) electrons. The van der Waals surface area contributed by atoms with Crippen molar-refractivity contribution in [3.8, 4) is 0 Å². The van der Waals surface area contributed by atoms with Gasteiger partial charge in [-0.3, -0.25) is 0 Å². The van der Waals surface area contributed by atoms with Crippen LogP contribution in [-0.2, 0) is 27.9 Å². The van der Waals surface area contributed by atoms with E-state index >= 15 is 0 Å². The first-order valence-corrected chi connectivity index (χ1v) is 12.0. The first-order valence-electron chi connectivity index (χ1n) is 10.2. The van der Waals surface area contributed by atoms with Crippen LogP contribution in [0, 0.1) is 12.8 Å². The molecule has 2 aromatic carbocycles. The van der Waals surface area contributed by atoms with Gasteiger partial charge in [0.25, 0.3) is 0 Å². The third-order valence-corrected chi connectivity index (χ3v) is 8.08. The van der Waals surface area contributed by atoms with Crippen LogP contribution in [0.4, 0.5) is 0 Å². The summed E-state index contributed by atoms with van der Waals surface area (Å²) in [5.41, 5.74) is 2.69. The van der Waals surface area contributed by atoms with Crippen LogP contribution >= 0.6 is 11.6 Å². The Labute approximate surface area is 183 Å². The van der Waals surface area contributed by atoms with Crippen molar-refractivity contribution in [2.75, 3.05) is 6.61 Å². The second-order valence-electron chi connectivity index (χ2n) is 7.94. The monoisotopic (exact) mass is 443 g/mol. The summed E-state index contributed by atoms with van der Waals surface area (Å²) >= 11 is 6.17. The molecule has 0 fully saturated rings. The molecule has 0 aromatic heterocycles. The van der Waals surface area contributed by atoms with Gasteiger partial charge in [0, 0.05) is 17.6 Å². The normalized spacial score (nSPS) is 22.3. The molecular weight excluding hydrogens is 418 g/mol.